The van der Waals surface area contributed by atoms with Crippen molar-refractivity contribution in [1.29, 1.82) is 0 Å². The molecule has 1 atom stereocenters. The van der Waals surface area contributed by atoms with E-state index in [0.29, 0.717) is 11.1 Å². The first-order valence-corrected chi connectivity index (χ1v) is 8.13. The molecule has 2 aromatic rings. The normalized spacial score (nSPS) is 14.1. The van der Waals surface area contributed by atoms with Crippen molar-refractivity contribution >= 4 is 11.6 Å². The van der Waals surface area contributed by atoms with Crippen LogP contribution in [0, 0.1) is 17.0 Å². The van der Waals surface area contributed by atoms with Crippen molar-refractivity contribution in [1.82, 2.24) is 5.32 Å². The van der Waals surface area contributed by atoms with E-state index in [4.69, 9.17) is 0 Å². The number of nitrogens with one attached hydrogen (secondary N) is 1. The average Bonchev–Trinajstić information content (AvgIpc) is 3.01. The van der Waals surface area contributed by atoms with Gasteiger partial charge in [-0.3, -0.25) is 14.9 Å². The molecule has 0 unspecified atom stereocenters. The third-order valence-corrected chi connectivity index (χ3v) is 4.63. The molecule has 0 saturated heterocycles. The molecule has 0 saturated carbocycles. The van der Waals surface area contributed by atoms with Gasteiger partial charge in [-0.15, -0.1) is 0 Å². The molecule has 0 aromatic heterocycles. The lowest BCUT2D eigenvalue weighted by molar-refractivity contribution is -0.385. The Bertz CT molecular complexity index is 814. The molecule has 0 bridgehead atoms. The number of benzene rings is 2. The van der Waals surface area contributed by atoms with Crippen LogP contribution >= 0.6 is 0 Å². The second kappa shape index (κ2) is 6.43. The van der Waals surface area contributed by atoms with E-state index in [2.05, 4.69) is 23.5 Å². The van der Waals surface area contributed by atoms with Crippen LogP contribution in [0.15, 0.2) is 36.4 Å². The molecule has 1 amide bonds. The lowest BCUT2D eigenvalue weighted by Gasteiger charge is -2.16. The molecule has 0 fully saturated rings. The zero-order valence-corrected chi connectivity index (χ0v) is 13.8. The van der Waals surface area contributed by atoms with Crippen LogP contribution in [0.2, 0.25) is 0 Å². The van der Waals surface area contributed by atoms with Crippen LogP contribution in [0.1, 0.15) is 52.0 Å². The summed E-state index contributed by atoms with van der Waals surface area (Å²) in [5.41, 5.74) is 4.81. The van der Waals surface area contributed by atoms with Crippen molar-refractivity contribution < 1.29 is 9.72 Å². The van der Waals surface area contributed by atoms with Crippen LogP contribution in [0.25, 0.3) is 0 Å². The Kier molecular flexibility index (Phi) is 4.34. The minimum Gasteiger partial charge on any atom is -0.346 e. The number of fused-ring (bicyclic) bond motifs is 1. The number of nitrogens with zero attached hydrogens (tertiary/aromatic N) is 1. The highest BCUT2D eigenvalue weighted by molar-refractivity contribution is 5.95. The maximum atomic E-state index is 12.4. The molecule has 0 aliphatic heterocycles. The number of amides is 1. The summed E-state index contributed by atoms with van der Waals surface area (Å²) < 4.78 is 0. The van der Waals surface area contributed by atoms with E-state index in [9.17, 15) is 14.9 Å². The molecule has 124 valence electrons. The summed E-state index contributed by atoms with van der Waals surface area (Å²) in [7, 11) is 0. The van der Waals surface area contributed by atoms with Gasteiger partial charge in [0.25, 0.3) is 11.6 Å². The molecule has 5 heteroatoms. The minimum atomic E-state index is -0.440. The van der Waals surface area contributed by atoms with Crippen LogP contribution < -0.4 is 5.32 Å². The molecule has 1 aliphatic rings. The summed E-state index contributed by atoms with van der Waals surface area (Å²) in [5.74, 6) is -0.221. The van der Waals surface area contributed by atoms with Crippen LogP contribution in [-0.2, 0) is 12.8 Å². The predicted octanol–water partition coefficient (Wildman–Crippen LogP) is 3.88. The smallest absolute Gasteiger partial charge is 0.272 e. The van der Waals surface area contributed by atoms with Gasteiger partial charge in [0.15, 0.2) is 0 Å². The topological polar surface area (TPSA) is 72.2 Å². The molecule has 0 radical (unpaired) electrons. The highest BCUT2D eigenvalue weighted by Gasteiger charge is 2.17. The van der Waals surface area contributed by atoms with Crippen LogP contribution in [0.3, 0.4) is 0 Å². The summed E-state index contributed by atoms with van der Waals surface area (Å²) in [6.07, 6.45) is 3.44. The number of carbonyl (C=O) groups is 1. The zero-order chi connectivity index (χ0) is 17.3. The molecular weight excluding hydrogens is 304 g/mol. The molecular formula is C19H20N2O3. The number of rotatable bonds is 4. The van der Waals surface area contributed by atoms with Gasteiger partial charge in [-0.1, -0.05) is 18.2 Å². The first kappa shape index (κ1) is 16.2. The number of hydrogen-bond donors (Lipinski definition) is 1. The molecule has 2 aromatic carbocycles. The average molecular weight is 324 g/mol. The van der Waals surface area contributed by atoms with Crippen LogP contribution in [0.5, 0.6) is 0 Å². The van der Waals surface area contributed by atoms with E-state index < -0.39 is 4.92 Å². The van der Waals surface area contributed by atoms with E-state index in [1.165, 1.54) is 29.7 Å². The van der Waals surface area contributed by atoms with Crippen molar-refractivity contribution in [3.05, 3.63) is 74.3 Å². The molecule has 24 heavy (non-hydrogen) atoms. The van der Waals surface area contributed by atoms with Gasteiger partial charge in [-0.05, 0) is 61.9 Å². The lowest BCUT2D eigenvalue weighted by Crippen LogP contribution is -2.26. The van der Waals surface area contributed by atoms with Gasteiger partial charge in [0, 0.05) is 17.2 Å². The van der Waals surface area contributed by atoms with Gasteiger partial charge >= 0.3 is 0 Å². The van der Waals surface area contributed by atoms with Gasteiger partial charge in [0.2, 0.25) is 0 Å². The standard InChI is InChI=1S/C19H20N2O3/c1-12-10-17(8-9-18(12)21(23)24)19(22)20-13(2)15-7-6-14-4-3-5-16(14)11-15/h6-11,13H,3-5H2,1-2H3,(H,20,22)/t13-/m1/s1. The third-order valence-electron chi connectivity index (χ3n) is 4.63. The second-order valence-corrected chi connectivity index (χ2v) is 6.34. The van der Waals surface area contributed by atoms with E-state index in [0.717, 1.165) is 18.4 Å². The molecule has 0 spiro atoms. The fourth-order valence-corrected chi connectivity index (χ4v) is 3.23. The molecule has 0 heterocycles. The van der Waals surface area contributed by atoms with Crippen molar-refractivity contribution in [2.75, 3.05) is 0 Å². The molecule has 3 rings (SSSR count). The largest absolute Gasteiger partial charge is 0.346 e. The van der Waals surface area contributed by atoms with Crippen LogP contribution in [0.4, 0.5) is 5.69 Å². The van der Waals surface area contributed by atoms with Gasteiger partial charge in [-0.2, -0.15) is 0 Å². The van der Waals surface area contributed by atoms with Crippen molar-refractivity contribution in [3.8, 4) is 0 Å². The first-order chi connectivity index (χ1) is 11.5. The quantitative estimate of drug-likeness (QED) is 0.685. The van der Waals surface area contributed by atoms with Gasteiger partial charge in [0.05, 0.1) is 11.0 Å². The summed E-state index contributed by atoms with van der Waals surface area (Å²) >= 11 is 0. The molecule has 5 nitrogen and oxygen atoms in total. The summed E-state index contributed by atoms with van der Waals surface area (Å²) in [5, 5.41) is 13.8. The van der Waals surface area contributed by atoms with E-state index in [1.54, 1.807) is 13.0 Å². The Morgan fingerprint density at radius 3 is 2.62 bits per heavy atom. The van der Waals surface area contributed by atoms with Gasteiger partial charge in [-0.25, -0.2) is 0 Å². The maximum absolute atomic E-state index is 12.4. The monoisotopic (exact) mass is 324 g/mol. The highest BCUT2D eigenvalue weighted by atomic mass is 16.6. The predicted molar refractivity (Wildman–Crippen MR) is 92.2 cm³/mol. The molecule has 1 N–H and O–H groups in total. The summed E-state index contributed by atoms with van der Waals surface area (Å²) in [4.78, 5) is 22.8. The summed E-state index contributed by atoms with van der Waals surface area (Å²) in [6, 6.07) is 10.7. The Hall–Kier alpha value is -2.69. The number of carbonyl (C=O) groups excluding carboxylic acids is 1. The fourth-order valence-electron chi connectivity index (χ4n) is 3.23. The van der Waals surface area contributed by atoms with Crippen molar-refractivity contribution in [3.63, 3.8) is 0 Å². The van der Waals surface area contributed by atoms with E-state index in [1.807, 2.05) is 6.92 Å². The van der Waals surface area contributed by atoms with E-state index >= 15 is 0 Å². The summed E-state index contributed by atoms with van der Waals surface area (Å²) in [6.45, 7) is 3.59. The maximum Gasteiger partial charge on any atom is 0.272 e. The zero-order valence-electron chi connectivity index (χ0n) is 13.8. The lowest BCUT2D eigenvalue weighted by atomic mass is 10.0. The number of nitro groups is 1. The van der Waals surface area contributed by atoms with Crippen molar-refractivity contribution in [2.45, 2.75) is 39.2 Å². The van der Waals surface area contributed by atoms with Crippen molar-refractivity contribution in [2.24, 2.45) is 0 Å². The van der Waals surface area contributed by atoms with Gasteiger partial charge < -0.3 is 5.32 Å². The fraction of sp³-hybridized carbons (Fsp3) is 0.316. The number of hydrogen-bond acceptors (Lipinski definition) is 3. The van der Waals surface area contributed by atoms with Gasteiger partial charge in [0.1, 0.15) is 0 Å². The molecule has 1 aliphatic carbocycles. The first-order valence-electron chi connectivity index (χ1n) is 8.13. The Morgan fingerprint density at radius 2 is 1.92 bits per heavy atom. The number of nitro benzene ring substituents is 1. The second-order valence-electron chi connectivity index (χ2n) is 6.34. The van der Waals surface area contributed by atoms with Crippen LogP contribution in [-0.4, -0.2) is 10.8 Å². The Balaban J connectivity index is 1.74. The van der Waals surface area contributed by atoms with E-state index in [-0.39, 0.29) is 17.6 Å². The Labute approximate surface area is 140 Å². The minimum absolute atomic E-state index is 0.0261. The SMILES string of the molecule is Cc1cc(C(=O)N[C@H](C)c2ccc3c(c2)CCC3)ccc1[N+](=O)[O-]. The number of aryl methyl sites for hydroxylation is 3. The Morgan fingerprint density at radius 1 is 1.17 bits per heavy atom. The highest BCUT2D eigenvalue weighted by Crippen LogP contribution is 2.26. The third kappa shape index (κ3) is 3.15.